The molecule has 0 N–H and O–H groups in total. The first-order chi connectivity index (χ1) is 8.91. The third-order valence-electron chi connectivity index (χ3n) is 4.16. The molecule has 0 radical (unpaired) electrons. The Morgan fingerprint density at radius 3 is 2.16 bits per heavy atom. The molecule has 4 nitrogen and oxygen atoms in total. The molecule has 1 heterocycles. The number of ether oxygens (including phenoxy) is 1. The van der Waals surface area contributed by atoms with E-state index in [1.807, 2.05) is 0 Å². The second kappa shape index (κ2) is 3.93. The van der Waals surface area contributed by atoms with E-state index < -0.39 is 10.8 Å². The van der Waals surface area contributed by atoms with Gasteiger partial charge in [-0.15, -0.1) is 0 Å². The van der Waals surface area contributed by atoms with Crippen LogP contribution >= 0.6 is 23.2 Å². The van der Waals surface area contributed by atoms with Crippen molar-refractivity contribution < 1.29 is 14.3 Å². The molecular formula is C13H11Cl2NO3. The standard InChI is InChI=1S/C13H11Cl2NO3/c1-19-11(18)13-4-12(5-13,6-13)10(17)7-2-8(14)16-9(15)3-7/h2-3H,4-6H2,1H3. The van der Waals surface area contributed by atoms with Crippen LogP contribution in [0, 0.1) is 10.8 Å². The average Bonchev–Trinajstić information content (AvgIpc) is 2.23. The zero-order chi connectivity index (χ0) is 13.8. The molecule has 0 unspecified atom stereocenters. The molecule has 3 aliphatic rings. The summed E-state index contributed by atoms with van der Waals surface area (Å²) >= 11 is 11.6. The first-order valence-electron chi connectivity index (χ1n) is 5.87. The molecular weight excluding hydrogens is 289 g/mol. The zero-order valence-corrected chi connectivity index (χ0v) is 11.7. The number of esters is 1. The summed E-state index contributed by atoms with van der Waals surface area (Å²) in [4.78, 5) is 27.8. The van der Waals surface area contributed by atoms with Crippen LogP contribution in [-0.2, 0) is 9.53 Å². The first kappa shape index (κ1) is 12.9. The molecule has 19 heavy (non-hydrogen) atoms. The Morgan fingerprint density at radius 2 is 1.68 bits per heavy atom. The van der Waals surface area contributed by atoms with Crippen LogP contribution in [0.3, 0.4) is 0 Å². The Kier molecular flexibility index (Phi) is 2.67. The third-order valence-corrected chi connectivity index (χ3v) is 4.54. The lowest BCUT2D eigenvalue weighted by Crippen LogP contribution is -2.68. The van der Waals surface area contributed by atoms with E-state index in [1.54, 1.807) is 0 Å². The molecule has 4 rings (SSSR count). The maximum absolute atomic E-state index is 12.4. The number of pyridine rings is 1. The fourth-order valence-electron chi connectivity index (χ4n) is 3.36. The van der Waals surface area contributed by atoms with Crippen molar-refractivity contribution in [3.8, 4) is 0 Å². The minimum atomic E-state index is -0.428. The minimum Gasteiger partial charge on any atom is -0.469 e. The summed E-state index contributed by atoms with van der Waals surface area (Å²) in [6.45, 7) is 0. The molecule has 6 heteroatoms. The molecule has 3 saturated carbocycles. The number of carbonyl (C=O) groups excluding carboxylic acids is 2. The van der Waals surface area contributed by atoms with Crippen molar-refractivity contribution in [1.29, 1.82) is 0 Å². The molecule has 0 saturated heterocycles. The highest BCUT2D eigenvalue weighted by Crippen LogP contribution is 2.74. The van der Waals surface area contributed by atoms with Crippen molar-refractivity contribution in [2.24, 2.45) is 10.8 Å². The summed E-state index contributed by atoms with van der Waals surface area (Å²) < 4.78 is 4.76. The normalized spacial score (nSPS) is 31.1. The van der Waals surface area contributed by atoms with Gasteiger partial charge in [0.05, 0.1) is 12.5 Å². The second-order valence-electron chi connectivity index (χ2n) is 5.41. The highest BCUT2D eigenvalue weighted by molar-refractivity contribution is 6.33. The summed E-state index contributed by atoms with van der Waals surface area (Å²) in [5.74, 6) is -0.225. The molecule has 0 spiro atoms. The number of nitrogens with zero attached hydrogens (tertiary/aromatic N) is 1. The van der Waals surface area contributed by atoms with Crippen LogP contribution < -0.4 is 0 Å². The molecule has 0 atom stereocenters. The van der Waals surface area contributed by atoms with Gasteiger partial charge in [-0.05, 0) is 31.4 Å². The zero-order valence-electron chi connectivity index (χ0n) is 10.2. The van der Waals surface area contributed by atoms with Gasteiger partial charge < -0.3 is 4.74 Å². The number of Topliss-reactive ketones (excluding diaryl/α,β-unsaturated/α-hetero) is 1. The highest BCUT2D eigenvalue weighted by atomic mass is 35.5. The van der Waals surface area contributed by atoms with Gasteiger partial charge in [0.2, 0.25) is 0 Å². The van der Waals surface area contributed by atoms with E-state index in [4.69, 9.17) is 27.9 Å². The fraction of sp³-hybridized carbons (Fsp3) is 0.462. The summed E-state index contributed by atoms with van der Waals surface area (Å²) in [6, 6.07) is 3.03. The first-order valence-corrected chi connectivity index (χ1v) is 6.63. The van der Waals surface area contributed by atoms with E-state index in [2.05, 4.69) is 4.98 Å². The van der Waals surface area contributed by atoms with Crippen molar-refractivity contribution in [3.63, 3.8) is 0 Å². The summed E-state index contributed by atoms with van der Waals surface area (Å²) in [5, 5.41) is 0.398. The van der Waals surface area contributed by atoms with Crippen LogP contribution in [0.1, 0.15) is 29.6 Å². The lowest BCUT2D eigenvalue weighted by molar-refractivity contribution is -0.207. The number of halogens is 2. The van der Waals surface area contributed by atoms with Crippen LogP contribution in [0.2, 0.25) is 10.3 Å². The van der Waals surface area contributed by atoms with Crippen LogP contribution in [-0.4, -0.2) is 23.8 Å². The second-order valence-corrected chi connectivity index (χ2v) is 6.19. The van der Waals surface area contributed by atoms with Crippen molar-refractivity contribution in [3.05, 3.63) is 28.0 Å². The predicted octanol–water partition coefficient (Wildman–Crippen LogP) is 2.91. The van der Waals surface area contributed by atoms with Crippen LogP contribution in [0.15, 0.2) is 12.1 Å². The van der Waals surface area contributed by atoms with Crippen molar-refractivity contribution >= 4 is 35.0 Å². The van der Waals surface area contributed by atoms with E-state index in [-0.39, 0.29) is 22.1 Å². The molecule has 1 aromatic rings. The van der Waals surface area contributed by atoms with Crippen molar-refractivity contribution in [1.82, 2.24) is 4.98 Å². The number of methoxy groups -OCH3 is 1. The molecule has 3 aliphatic carbocycles. The number of ketones is 1. The molecule has 0 amide bonds. The van der Waals surface area contributed by atoms with Gasteiger partial charge in [-0.2, -0.15) is 0 Å². The van der Waals surface area contributed by atoms with Gasteiger partial charge >= 0.3 is 5.97 Å². The molecule has 100 valence electrons. The van der Waals surface area contributed by atoms with Gasteiger partial charge in [0.15, 0.2) is 5.78 Å². The maximum atomic E-state index is 12.4. The Balaban J connectivity index is 1.80. The van der Waals surface area contributed by atoms with E-state index in [1.165, 1.54) is 19.2 Å². The quantitative estimate of drug-likeness (QED) is 0.489. The molecule has 2 bridgehead atoms. The fourth-order valence-corrected chi connectivity index (χ4v) is 3.82. The van der Waals surface area contributed by atoms with Gasteiger partial charge in [0.25, 0.3) is 0 Å². The Bertz CT molecular complexity index is 560. The minimum absolute atomic E-state index is 0.00974. The number of rotatable bonds is 3. The van der Waals surface area contributed by atoms with E-state index in [0.717, 1.165) is 0 Å². The number of aromatic nitrogens is 1. The van der Waals surface area contributed by atoms with Crippen molar-refractivity contribution in [2.75, 3.05) is 7.11 Å². The number of hydrogen-bond acceptors (Lipinski definition) is 4. The molecule has 3 fully saturated rings. The van der Waals surface area contributed by atoms with Crippen LogP contribution in [0.4, 0.5) is 0 Å². The van der Waals surface area contributed by atoms with Crippen molar-refractivity contribution in [2.45, 2.75) is 19.3 Å². The van der Waals surface area contributed by atoms with Crippen LogP contribution in [0.5, 0.6) is 0 Å². The van der Waals surface area contributed by atoms with Gasteiger partial charge in [-0.3, -0.25) is 9.59 Å². The highest BCUT2D eigenvalue weighted by Gasteiger charge is 2.75. The van der Waals surface area contributed by atoms with Gasteiger partial charge in [0, 0.05) is 11.0 Å². The summed E-state index contributed by atoms with van der Waals surface area (Å²) in [7, 11) is 1.37. The largest absolute Gasteiger partial charge is 0.469 e. The van der Waals surface area contributed by atoms with E-state index in [0.29, 0.717) is 24.8 Å². The third kappa shape index (κ3) is 1.70. The van der Waals surface area contributed by atoms with Crippen LogP contribution in [0.25, 0.3) is 0 Å². The maximum Gasteiger partial charge on any atom is 0.311 e. The topological polar surface area (TPSA) is 56.3 Å². The Hall–Kier alpha value is -1.13. The van der Waals surface area contributed by atoms with Gasteiger partial charge in [-0.1, -0.05) is 23.2 Å². The molecule has 0 aliphatic heterocycles. The smallest absolute Gasteiger partial charge is 0.311 e. The summed E-state index contributed by atoms with van der Waals surface area (Å²) in [6.07, 6.45) is 1.68. The lowest BCUT2D eigenvalue weighted by atomic mass is 9.33. The van der Waals surface area contributed by atoms with E-state index >= 15 is 0 Å². The van der Waals surface area contributed by atoms with E-state index in [9.17, 15) is 9.59 Å². The van der Waals surface area contributed by atoms with Gasteiger partial charge in [0.1, 0.15) is 10.3 Å². The Labute approximate surface area is 120 Å². The lowest BCUT2D eigenvalue weighted by Gasteiger charge is -2.67. The molecule has 0 aromatic carbocycles. The van der Waals surface area contributed by atoms with Gasteiger partial charge in [-0.25, -0.2) is 4.98 Å². The predicted molar refractivity (Wildman–Crippen MR) is 69.3 cm³/mol. The molecule has 1 aromatic heterocycles. The average molecular weight is 300 g/mol. The number of hydrogen-bond donors (Lipinski definition) is 0. The monoisotopic (exact) mass is 299 g/mol. The SMILES string of the molecule is COC(=O)C12CC(C(=O)c3cc(Cl)nc(Cl)c3)(C1)C2. The summed E-state index contributed by atoms with van der Waals surface area (Å²) in [5.41, 5.74) is -0.393. The number of carbonyl (C=O) groups is 2. The Morgan fingerprint density at radius 1 is 1.16 bits per heavy atom.